The van der Waals surface area contributed by atoms with Crippen LogP contribution in [-0.4, -0.2) is 22.1 Å². The van der Waals surface area contributed by atoms with Crippen LogP contribution in [0.25, 0.3) is 0 Å². The molecular formula is C16H30N4. The van der Waals surface area contributed by atoms with Crippen molar-refractivity contribution in [3.05, 3.63) is 11.9 Å². The van der Waals surface area contributed by atoms with Crippen LogP contribution in [0.4, 0.5) is 11.6 Å². The van der Waals surface area contributed by atoms with Gasteiger partial charge in [-0.1, -0.05) is 34.6 Å². The molecule has 1 rings (SSSR count). The lowest BCUT2D eigenvalue weighted by molar-refractivity contribution is 0.476. The van der Waals surface area contributed by atoms with Gasteiger partial charge in [0.25, 0.3) is 0 Å². The zero-order chi connectivity index (χ0) is 15.2. The van der Waals surface area contributed by atoms with Gasteiger partial charge >= 0.3 is 0 Å². The summed E-state index contributed by atoms with van der Waals surface area (Å²) >= 11 is 0. The van der Waals surface area contributed by atoms with Gasteiger partial charge in [-0.15, -0.1) is 0 Å². The number of anilines is 2. The van der Waals surface area contributed by atoms with Gasteiger partial charge in [-0.2, -0.15) is 0 Å². The molecule has 4 heteroatoms. The Labute approximate surface area is 123 Å². The highest BCUT2D eigenvalue weighted by Gasteiger charge is 2.20. The third-order valence-corrected chi connectivity index (χ3v) is 3.81. The van der Waals surface area contributed by atoms with Crippen LogP contribution in [0.2, 0.25) is 0 Å². The van der Waals surface area contributed by atoms with Gasteiger partial charge < -0.3 is 10.6 Å². The fourth-order valence-electron chi connectivity index (χ4n) is 1.87. The van der Waals surface area contributed by atoms with E-state index in [4.69, 9.17) is 0 Å². The zero-order valence-electron chi connectivity index (χ0n) is 13.9. The maximum atomic E-state index is 4.66. The van der Waals surface area contributed by atoms with E-state index < -0.39 is 0 Å². The van der Waals surface area contributed by atoms with Gasteiger partial charge in [-0.05, 0) is 26.2 Å². The number of hydrogen-bond acceptors (Lipinski definition) is 4. The molecule has 0 aliphatic carbocycles. The summed E-state index contributed by atoms with van der Waals surface area (Å²) in [6, 6.07) is 2.02. The summed E-state index contributed by atoms with van der Waals surface area (Å²) in [6.07, 6.45) is 3.23. The minimum absolute atomic E-state index is 0.0879. The molecule has 0 unspecified atom stereocenters. The highest BCUT2D eigenvalue weighted by Crippen LogP contribution is 2.23. The Balaban J connectivity index is 3.02. The Morgan fingerprint density at radius 1 is 1.10 bits per heavy atom. The van der Waals surface area contributed by atoms with Crippen molar-refractivity contribution in [1.29, 1.82) is 0 Å². The molecule has 0 aliphatic rings. The van der Waals surface area contributed by atoms with Gasteiger partial charge in [0.05, 0.1) is 0 Å². The highest BCUT2D eigenvalue weighted by atomic mass is 15.1. The molecule has 20 heavy (non-hydrogen) atoms. The molecule has 2 N–H and O–H groups in total. The van der Waals surface area contributed by atoms with Crippen molar-refractivity contribution in [2.75, 3.05) is 17.2 Å². The quantitative estimate of drug-likeness (QED) is 0.739. The molecule has 114 valence electrons. The number of rotatable bonds is 8. The Kier molecular flexibility index (Phi) is 6.24. The van der Waals surface area contributed by atoms with Crippen molar-refractivity contribution in [2.45, 2.75) is 72.3 Å². The van der Waals surface area contributed by atoms with Crippen LogP contribution in [0.5, 0.6) is 0 Å². The molecule has 0 saturated heterocycles. The van der Waals surface area contributed by atoms with E-state index in [1.54, 1.807) is 0 Å². The lowest BCUT2D eigenvalue weighted by atomic mass is 9.95. The number of nitrogens with zero attached hydrogens (tertiary/aromatic N) is 2. The molecule has 1 heterocycles. The van der Waals surface area contributed by atoms with Crippen LogP contribution in [-0.2, 0) is 0 Å². The second-order valence-electron chi connectivity index (χ2n) is 5.97. The van der Waals surface area contributed by atoms with Gasteiger partial charge in [-0.3, -0.25) is 0 Å². The normalized spacial score (nSPS) is 11.8. The van der Waals surface area contributed by atoms with Gasteiger partial charge in [0.1, 0.15) is 17.5 Å². The van der Waals surface area contributed by atoms with Gasteiger partial charge in [-0.25, -0.2) is 9.97 Å². The third-order valence-electron chi connectivity index (χ3n) is 3.81. The Hall–Kier alpha value is -1.32. The Bertz CT molecular complexity index is 411. The molecule has 0 radical (unpaired) electrons. The lowest BCUT2D eigenvalue weighted by Crippen LogP contribution is -2.33. The predicted octanol–water partition coefficient (Wildman–Crippen LogP) is 4.41. The van der Waals surface area contributed by atoms with Crippen LogP contribution in [0.1, 0.15) is 72.5 Å². The molecule has 0 aliphatic heterocycles. The number of aromatic nitrogens is 2. The number of nitrogens with one attached hydrogen (secondary N) is 2. The monoisotopic (exact) mass is 278 g/mol. The summed E-state index contributed by atoms with van der Waals surface area (Å²) in [7, 11) is 0. The smallest absolute Gasteiger partial charge is 0.135 e. The predicted molar refractivity (Wildman–Crippen MR) is 87.5 cm³/mol. The molecule has 0 fully saturated rings. The first-order valence-corrected chi connectivity index (χ1v) is 7.85. The van der Waals surface area contributed by atoms with Gasteiger partial charge in [0, 0.05) is 24.1 Å². The van der Waals surface area contributed by atoms with Crippen molar-refractivity contribution in [2.24, 2.45) is 0 Å². The summed E-state index contributed by atoms with van der Waals surface area (Å²) < 4.78 is 0. The molecule has 1 aromatic rings. The standard InChI is InChI=1S/C16H30N4/c1-7-10-17-13-11-14(19-15(18-13)12(4)5)20-16(6,8-2)9-3/h11-12H,7-10H2,1-6H3,(H2,17,18,19,20). The lowest BCUT2D eigenvalue weighted by Gasteiger charge is -2.29. The minimum atomic E-state index is 0.0879. The Morgan fingerprint density at radius 3 is 2.20 bits per heavy atom. The van der Waals surface area contributed by atoms with Crippen molar-refractivity contribution in [3.8, 4) is 0 Å². The first-order valence-electron chi connectivity index (χ1n) is 7.85. The molecule has 0 amide bonds. The largest absolute Gasteiger partial charge is 0.370 e. The zero-order valence-corrected chi connectivity index (χ0v) is 13.9. The highest BCUT2D eigenvalue weighted by molar-refractivity contribution is 5.49. The van der Waals surface area contributed by atoms with E-state index in [0.717, 1.165) is 43.3 Å². The van der Waals surface area contributed by atoms with Crippen LogP contribution < -0.4 is 10.6 Å². The van der Waals surface area contributed by atoms with Crippen LogP contribution in [0, 0.1) is 0 Å². The van der Waals surface area contributed by atoms with Crippen molar-refractivity contribution in [3.63, 3.8) is 0 Å². The second kappa shape index (κ2) is 7.46. The molecule has 1 aromatic heterocycles. The minimum Gasteiger partial charge on any atom is -0.370 e. The molecule has 0 spiro atoms. The number of hydrogen-bond donors (Lipinski definition) is 2. The first-order chi connectivity index (χ1) is 9.44. The topological polar surface area (TPSA) is 49.8 Å². The van der Waals surface area contributed by atoms with E-state index in [1.165, 1.54) is 0 Å². The maximum Gasteiger partial charge on any atom is 0.135 e. The van der Waals surface area contributed by atoms with E-state index in [0.29, 0.717) is 5.92 Å². The third kappa shape index (κ3) is 4.66. The molecule has 0 saturated carbocycles. The van der Waals surface area contributed by atoms with Crippen molar-refractivity contribution >= 4 is 11.6 Å². The van der Waals surface area contributed by atoms with E-state index in [1.807, 2.05) is 6.07 Å². The van der Waals surface area contributed by atoms with E-state index in [-0.39, 0.29) is 5.54 Å². The summed E-state index contributed by atoms with van der Waals surface area (Å²) in [4.78, 5) is 9.25. The SMILES string of the molecule is CCCNc1cc(NC(C)(CC)CC)nc(C(C)C)n1. The van der Waals surface area contributed by atoms with Gasteiger partial charge in [0.2, 0.25) is 0 Å². The second-order valence-corrected chi connectivity index (χ2v) is 5.97. The van der Waals surface area contributed by atoms with Crippen LogP contribution in [0.15, 0.2) is 6.07 Å². The average molecular weight is 278 g/mol. The van der Waals surface area contributed by atoms with E-state index >= 15 is 0 Å². The van der Waals surface area contributed by atoms with E-state index in [2.05, 4.69) is 62.1 Å². The fourth-order valence-corrected chi connectivity index (χ4v) is 1.87. The van der Waals surface area contributed by atoms with Crippen molar-refractivity contribution < 1.29 is 0 Å². The van der Waals surface area contributed by atoms with Crippen LogP contribution >= 0.6 is 0 Å². The Morgan fingerprint density at radius 2 is 1.70 bits per heavy atom. The molecule has 0 atom stereocenters. The molecule has 4 nitrogen and oxygen atoms in total. The molecular weight excluding hydrogens is 248 g/mol. The summed E-state index contributed by atoms with van der Waals surface area (Å²) in [5.74, 6) is 3.06. The molecule has 0 aromatic carbocycles. The van der Waals surface area contributed by atoms with Crippen molar-refractivity contribution in [1.82, 2.24) is 9.97 Å². The first kappa shape index (κ1) is 16.7. The van der Waals surface area contributed by atoms with Crippen LogP contribution in [0.3, 0.4) is 0 Å². The van der Waals surface area contributed by atoms with E-state index in [9.17, 15) is 0 Å². The molecule has 0 bridgehead atoms. The summed E-state index contributed by atoms with van der Waals surface area (Å²) in [5, 5.41) is 6.94. The average Bonchev–Trinajstić information content (AvgIpc) is 2.44. The van der Waals surface area contributed by atoms with Gasteiger partial charge in [0.15, 0.2) is 0 Å². The maximum absolute atomic E-state index is 4.66. The fraction of sp³-hybridized carbons (Fsp3) is 0.750. The summed E-state index contributed by atoms with van der Waals surface area (Å²) in [5.41, 5.74) is 0.0879. The summed E-state index contributed by atoms with van der Waals surface area (Å²) in [6.45, 7) is 14.0.